The lowest BCUT2D eigenvalue weighted by Gasteiger charge is -2.41. The zero-order valence-corrected chi connectivity index (χ0v) is 25.7. The van der Waals surface area contributed by atoms with E-state index in [2.05, 4.69) is 53.5 Å². The number of anilines is 1. The molecule has 0 bridgehead atoms. The van der Waals surface area contributed by atoms with Crippen LogP contribution in [0.1, 0.15) is 59.9 Å². The van der Waals surface area contributed by atoms with Crippen LogP contribution >= 0.6 is 0 Å². The van der Waals surface area contributed by atoms with Crippen LogP contribution in [0.25, 0.3) is 28.0 Å². The Morgan fingerprint density at radius 2 is 1.41 bits per heavy atom. The number of ether oxygens (including phenoxy) is 2. The van der Waals surface area contributed by atoms with E-state index in [1.807, 2.05) is 30.3 Å². The highest BCUT2D eigenvalue weighted by atomic mass is 19.1. The molecule has 2 aliphatic heterocycles. The molecule has 5 aromatic rings. The van der Waals surface area contributed by atoms with E-state index >= 15 is 4.39 Å². The van der Waals surface area contributed by atoms with E-state index in [0.29, 0.717) is 5.75 Å². The predicted molar refractivity (Wildman–Crippen MR) is 180 cm³/mol. The van der Waals surface area contributed by atoms with Gasteiger partial charge in [0.2, 0.25) is 0 Å². The quantitative estimate of drug-likeness (QED) is 0.203. The second kappa shape index (κ2) is 10.5. The normalized spacial score (nSPS) is 21.1. The Kier molecular flexibility index (Phi) is 6.36. The molecule has 5 heteroatoms. The summed E-state index contributed by atoms with van der Waals surface area (Å²) in [6.07, 6.45) is 9.64. The molecule has 1 saturated heterocycles. The summed E-state index contributed by atoms with van der Waals surface area (Å²) in [7, 11) is 0. The van der Waals surface area contributed by atoms with Crippen LogP contribution in [-0.2, 0) is 15.8 Å². The van der Waals surface area contributed by atoms with E-state index in [0.717, 1.165) is 102 Å². The minimum atomic E-state index is -0.928. The molecule has 230 valence electrons. The highest BCUT2D eigenvalue weighted by Crippen LogP contribution is 2.62. The van der Waals surface area contributed by atoms with Gasteiger partial charge in [-0.25, -0.2) is 8.78 Å². The van der Waals surface area contributed by atoms with Crippen LogP contribution in [0.3, 0.4) is 0 Å². The third kappa shape index (κ3) is 4.04. The lowest BCUT2D eigenvalue weighted by Crippen LogP contribution is -2.37. The fraction of sp³-hybridized carbons (Fsp3) is 0.268. The number of fused-ring (bicyclic) bond motifs is 10. The van der Waals surface area contributed by atoms with Gasteiger partial charge in [-0.3, -0.25) is 0 Å². The van der Waals surface area contributed by atoms with Gasteiger partial charge in [-0.1, -0.05) is 79.9 Å². The molecule has 4 aliphatic rings. The van der Waals surface area contributed by atoms with Crippen LogP contribution < -0.4 is 9.64 Å². The monoisotopic (exact) mass is 611 g/mol. The Balaban J connectivity index is 1.29. The number of halogens is 2. The second-order valence-corrected chi connectivity index (χ2v) is 13.2. The highest BCUT2D eigenvalue weighted by molar-refractivity contribution is 6.08. The number of nitrogens with zero attached hydrogens (tertiary/aromatic N) is 1. The molecule has 2 fully saturated rings. The maximum atomic E-state index is 15.2. The summed E-state index contributed by atoms with van der Waals surface area (Å²) in [5, 5.41) is 1.69. The predicted octanol–water partition coefficient (Wildman–Crippen LogP) is 9.53. The fourth-order valence-corrected chi connectivity index (χ4v) is 8.74. The Hall–Kier alpha value is -4.48. The highest BCUT2D eigenvalue weighted by Gasteiger charge is 2.49. The van der Waals surface area contributed by atoms with Gasteiger partial charge in [0, 0.05) is 46.3 Å². The van der Waals surface area contributed by atoms with Crippen molar-refractivity contribution >= 4 is 22.5 Å². The lowest BCUT2D eigenvalue weighted by atomic mass is 9.66. The Morgan fingerprint density at radius 3 is 2.20 bits per heavy atom. The first kappa shape index (κ1) is 27.8. The molecular weight excluding hydrogens is 576 g/mol. The van der Waals surface area contributed by atoms with Crippen LogP contribution in [0.2, 0.25) is 0 Å². The van der Waals surface area contributed by atoms with Crippen molar-refractivity contribution in [3.8, 4) is 16.9 Å². The molecule has 1 saturated carbocycles. The van der Waals surface area contributed by atoms with Gasteiger partial charge in [0.15, 0.2) is 5.60 Å². The molecule has 2 aliphatic carbocycles. The van der Waals surface area contributed by atoms with E-state index in [1.165, 1.54) is 18.1 Å². The van der Waals surface area contributed by atoms with Gasteiger partial charge in [0.25, 0.3) is 0 Å². The van der Waals surface area contributed by atoms with Gasteiger partial charge >= 0.3 is 0 Å². The number of hydrogen-bond donors (Lipinski definition) is 0. The third-order valence-electron chi connectivity index (χ3n) is 10.8. The summed E-state index contributed by atoms with van der Waals surface area (Å²) >= 11 is 0. The molecule has 9 rings (SSSR count). The minimum Gasteiger partial charge on any atom is -0.472 e. The van der Waals surface area contributed by atoms with Gasteiger partial charge in [0.1, 0.15) is 17.4 Å². The Bertz CT molecular complexity index is 2010. The van der Waals surface area contributed by atoms with Crippen molar-refractivity contribution < 1.29 is 18.3 Å². The molecule has 0 radical (unpaired) electrons. The summed E-state index contributed by atoms with van der Waals surface area (Å²) in [5.74, 6) is 0.170. The maximum Gasteiger partial charge on any atom is 0.178 e. The van der Waals surface area contributed by atoms with Crippen LogP contribution in [0.5, 0.6) is 5.75 Å². The summed E-state index contributed by atoms with van der Waals surface area (Å²) in [6.45, 7) is 3.18. The fourth-order valence-electron chi connectivity index (χ4n) is 8.74. The van der Waals surface area contributed by atoms with Gasteiger partial charge in [-0.15, -0.1) is 0 Å². The molecule has 46 heavy (non-hydrogen) atoms. The number of morpholine rings is 1. The van der Waals surface area contributed by atoms with Crippen molar-refractivity contribution in [3.05, 3.63) is 137 Å². The van der Waals surface area contributed by atoms with Crippen LogP contribution in [0.4, 0.5) is 14.5 Å². The Labute approximate surface area is 268 Å². The summed E-state index contributed by atoms with van der Waals surface area (Å²) in [4.78, 5) is 2.35. The number of rotatable bonds is 3. The molecule has 2 heterocycles. The summed E-state index contributed by atoms with van der Waals surface area (Å²) in [6, 6.07) is 29.2. The van der Waals surface area contributed by atoms with Gasteiger partial charge < -0.3 is 14.4 Å². The average molecular weight is 612 g/mol. The zero-order chi connectivity index (χ0) is 30.9. The van der Waals surface area contributed by atoms with E-state index in [1.54, 1.807) is 18.2 Å². The maximum absolute atomic E-state index is 15.2. The van der Waals surface area contributed by atoms with Crippen molar-refractivity contribution in [2.75, 3.05) is 31.2 Å². The van der Waals surface area contributed by atoms with Crippen molar-refractivity contribution in [1.82, 2.24) is 0 Å². The zero-order valence-electron chi connectivity index (χ0n) is 25.7. The van der Waals surface area contributed by atoms with Crippen molar-refractivity contribution in [1.29, 1.82) is 0 Å². The molecule has 0 aromatic heterocycles. The summed E-state index contributed by atoms with van der Waals surface area (Å²) in [5.41, 5.74) is 7.34. The van der Waals surface area contributed by atoms with Gasteiger partial charge in [-0.05, 0) is 83.0 Å². The first-order valence-electron chi connectivity index (χ1n) is 16.5. The Morgan fingerprint density at radius 1 is 0.696 bits per heavy atom. The molecular formula is C41H35F2NO2. The lowest BCUT2D eigenvalue weighted by molar-refractivity contribution is 0.122. The van der Waals surface area contributed by atoms with Crippen LogP contribution in [-0.4, -0.2) is 26.3 Å². The van der Waals surface area contributed by atoms with E-state index < -0.39 is 5.60 Å². The molecule has 3 nitrogen and oxygen atoms in total. The summed E-state index contributed by atoms with van der Waals surface area (Å²) < 4.78 is 43.1. The molecule has 0 amide bonds. The number of hydrogen-bond acceptors (Lipinski definition) is 3. The largest absolute Gasteiger partial charge is 0.472 e. The average Bonchev–Trinajstić information content (AvgIpc) is 3.37. The van der Waals surface area contributed by atoms with Crippen molar-refractivity contribution in [2.45, 2.75) is 43.1 Å². The van der Waals surface area contributed by atoms with E-state index in [4.69, 9.17) is 9.47 Å². The van der Waals surface area contributed by atoms with Crippen molar-refractivity contribution in [3.63, 3.8) is 0 Å². The second-order valence-electron chi connectivity index (χ2n) is 13.2. The first-order chi connectivity index (χ1) is 22.6. The smallest absolute Gasteiger partial charge is 0.178 e. The molecule has 1 unspecified atom stereocenters. The number of benzene rings is 5. The van der Waals surface area contributed by atoms with E-state index in [-0.39, 0.29) is 17.0 Å². The first-order valence-corrected chi connectivity index (χ1v) is 16.5. The minimum absolute atomic E-state index is 0.212. The van der Waals surface area contributed by atoms with Crippen LogP contribution in [0, 0.1) is 11.6 Å². The molecule has 1 atom stereocenters. The standard InChI is InChI=1S/C41H35F2NO2/c42-29-11-15-32-35(25-29)39-34(38-37(32)33-16-12-30(43)26-36(33)40(38)18-5-2-6-19-40)17-20-41(46-39,27-7-3-1-4-8-27)28-9-13-31(14-10-28)44-21-23-45-24-22-44/h1,3-4,7-17,20,25-26H,2,5-6,18-19,21-24H2. The molecule has 5 aromatic carbocycles. The SMILES string of the molecule is Fc1ccc2c(c1)C1(CCCCC1)c1c3c(c4cc(F)ccc4c1-2)OC(c1ccccc1)(c1ccc(N2CCOCC2)cc1)C=C3. The third-order valence-corrected chi connectivity index (χ3v) is 10.8. The van der Waals surface area contributed by atoms with Gasteiger partial charge in [-0.2, -0.15) is 0 Å². The topological polar surface area (TPSA) is 21.7 Å². The van der Waals surface area contributed by atoms with Gasteiger partial charge in [0.05, 0.1) is 13.2 Å². The molecule has 1 spiro atoms. The molecule has 0 N–H and O–H groups in total. The van der Waals surface area contributed by atoms with Crippen molar-refractivity contribution in [2.24, 2.45) is 0 Å². The van der Waals surface area contributed by atoms with E-state index in [9.17, 15) is 4.39 Å². The van der Waals surface area contributed by atoms with Crippen LogP contribution in [0.15, 0.2) is 97.1 Å².